The number of hydrogen-bond acceptors (Lipinski definition) is 1. The molecule has 0 heterocycles. The van der Waals surface area contributed by atoms with Gasteiger partial charge in [-0.25, -0.2) is 13.2 Å². The third-order valence-corrected chi connectivity index (χ3v) is 2.46. The second kappa shape index (κ2) is 4.59. The number of aliphatic hydroxyl groups excluding tert-OH is 1. The average Bonchev–Trinajstić information content (AvgIpc) is 2.33. The molecule has 1 unspecified atom stereocenters. The van der Waals surface area contributed by atoms with Crippen molar-refractivity contribution in [1.82, 2.24) is 0 Å². The first-order chi connectivity index (χ1) is 8.09. The Kier molecular flexibility index (Phi) is 3.15. The van der Waals surface area contributed by atoms with Crippen molar-refractivity contribution >= 4 is 0 Å². The van der Waals surface area contributed by atoms with Crippen molar-refractivity contribution in [1.29, 1.82) is 0 Å². The third kappa shape index (κ3) is 2.31. The van der Waals surface area contributed by atoms with Crippen LogP contribution in [0.1, 0.15) is 17.2 Å². The number of benzene rings is 2. The molecule has 0 radical (unpaired) electrons. The Balaban J connectivity index is 2.40. The van der Waals surface area contributed by atoms with Gasteiger partial charge in [0.05, 0.1) is 0 Å². The van der Waals surface area contributed by atoms with Gasteiger partial charge in [0.15, 0.2) is 11.6 Å². The Bertz CT molecular complexity index is 523. The molecule has 0 aliphatic rings. The number of halogens is 3. The second-order valence-corrected chi connectivity index (χ2v) is 3.60. The molecule has 4 heteroatoms. The number of aliphatic hydroxyl groups is 1. The molecule has 88 valence electrons. The molecule has 0 amide bonds. The lowest BCUT2D eigenvalue weighted by atomic mass is 10.0. The molecule has 0 saturated heterocycles. The van der Waals surface area contributed by atoms with E-state index in [0.29, 0.717) is 5.56 Å². The topological polar surface area (TPSA) is 20.2 Å². The molecule has 0 aliphatic carbocycles. The molecule has 2 aromatic carbocycles. The van der Waals surface area contributed by atoms with Crippen LogP contribution in [0.2, 0.25) is 0 Å². The van der Waals surface area contributed by atoms with E-state index in [1.807, 2.05) is 0 Å². The monoisotopic (exact) mass is 238 g/mol. The smallest absolute Gasteiger partial charge is 0.164 e. The van der Waals surface area contributed by atoms with Gasteiger partial charge < -0.3 is 5.11 Å². The van der Waals surface area contributed by atoms with Crippen molar-refractivity contribution in [3.05, 3.63) is 71.0 Å². The molecule has 0 aliphatic heterocycles. The standard InChI is InChI=1S/C13H9F3O/c14-9-6-4-8(5-7-9)13(17)10-2-1-3-11(15)12(10)16/h1-7,13,17H. The quantitative estimate of drug-likeness (QED) is 0.851. The zero-order valence-electron chi connectivity index (χ0n) is 8.70. The predicted octanol–water partition coefficient (Wildman–Crippen LogP) is 3.19. The van der Waals surface area contributed by atoms with Crippen LogP contribution < -0.4 is 0 Å². The van der Waals surface area contributed by atoms with Crippen molar-refractivity contribution in [3.8, 4) is 0 Å². The maximum Gasteiger partial charge on any atom is 0.164 e. The lowest BCUT2D eigenvalue weighted by Gasteiger charge is -2.12. The molecule has 0 fully saturated rings. The van der Waals surface area contributed by atoms with Gasteiger partial charge in [0, 0.05) is 5.56 Å². The highest BCUT2D eigenvalue weighted by Gasteiger charge is 2.17. The summed E-state index contributed by atoms with van der Waals surface area (Å²) in [5.41, 5.74) is 0.132. The fourth-order valence-electron chi connectivity index (χ4n) is 1.56. The predicted molar refractivity (Wildman–Crippen MR) is 56.8 cm³/mol. The molecule has 17 heavy (non-hydrogen) atoms. The van der Waals surface area contributed by atoms with Crippen molar-refractivity contribution in [2.45, 2.75) is 6.10 Å². The van der Waals surface area contributed by atoms with E-state index in [4.69, 9.17) is 0 Å². The summed E-state index contributed by atoms with van der Waals surface area (Å²) in [5, 5.41) is 9.86. The zero-order chi connectivity index (χ0) is 12.4. The molecule has 2 aromatic rings. The summed E-state index contributed by atoms with van der Waals surface area (Å²) in [6.45, 7) is 0. The summed E-state index contributed by atoms with van der Waals surface area (Å²) in [4.78, 5) is 0. The summed E-state index contributed by atoms with van der Waals surface area (Å²) >= 11 is 0. The summed E-state index contributed by atoms with van der Waals surface area (Å²) < 4.78 is 39.1. The Hall–Kier alpha value is -1.81. The third-order valence-electron chi connectivity index (χ3n) is 2.46. The van der Waals surface area contributed by atoms with Crippen LogP contribution in [0.25, 0.3) is 0 Å². The van der Waals surface area contributed by atoms with Gasteiger partial charge in [-0.3, -0.25) is 0 Å². The van der Waals surface area contributed by atoms with Crippen LogP contribution in [0.4, 0.5) is 13.2 Å². The van der Waals surface area contributed by atoms with Crippen molar-refractivity contribution < 1.29 is 18.3 Å². The SMILES string of the molecule is OC(c1ccc(F)cc1)c1cccc(F)c1F. The number of rotatable bonds is 2. The fraction of sp³-hybridized carbons (Fsp3) is 0.0769. The normalized spacial score (nSPS) is 12.5. The first kappa shape index (κ1) is 11.7. The minimum Gasteiger partial charge on any atom is -0.384 e. The lowest BCUT2D eigenvalue weighted by Crippen LogP contribution is -2.04. The Morgan fingerprint density at radius 2 is 1.53 bits per heavy atom. The Labute approximate surface area is 96.1 Å². The van der Waals surface area contributed by atoms with Crippen LogP contribution in [0, 0.1) is 17.5 Å². The summed E-state index contributed by atoms with van der Waals surface area (Å²) in [6, 6.07) is 8.50. The maximum atomic E-state index is 13.4. The minimum absolute atomic E-state index is 0.170. The van der Waals surface area contributed by atoms with Gasteiger partial charge in [0.25, 0.3) is 0 Å². The highest BCUT2D eigenvalue weighted by Crippen LogP contribution is 2.25. The molecule has 0 spiro atoms. The Morgan fingerprint density at radius 1 is 0.882 bits per heavy atom. The largest absolute Gasteiger partial charge is 0.384 e. The summed E-state index contributed by atoms with van der Waals surface area (Å²) in [5.74, 6) is -2.58. The van der Waals surface area contributed by atoms with Gasteiger partial charge in [-0.05, 0) is 23.8 Å². The average molecular weight is 238 g/mol. The van der Waals surface area contributed by atoms with E-state index in [9.17, 15) is 18.3 Å². The number of hydrogen-bond donors (Lipinski definition) is 1. The molecule has 1 nitrogen and oxygen atoms in total. The van der Waals surface area contributed by atoms with Crippen molar-refractivity contribution in [2.75, 3.05) is 0 Å². The summed E-state index contributed by atoms with van der Waals surface area (Å²) in [7, 11) is 0. The summed E-state index contributed by atoms with van der Waals surface area (Å²) in [6.07, 6.45) is -1.31. The van der Waals surface area contributed by atoms with E-state index in [0.717, 1.165) is 18.2 Å². The van der Waals surface area contributed by atoms with E-state index >= 15 is 0 Å². The van der Waals surface area contributed by atoms with Gasteiger partial charge in [-0.15, -0.1) is 0 Å². The molecule has 1 N–H and O–H groups in total. The second-order valence-electron chi connectivity index (χ2n) is 3.60. The van der Waals surface area contributed by atoms with E-state index < -0.39 is 23.6 Å². The van der Waals surface area contributed by atoms with Crippen LogP contribution in [0.5, 0.6) is 0 Å². The molecule has 0 saturated carbocycles. The molecule has 0 aromatic heterocycles. The van der Waals surface area contributed by atoms with E-state index in [1.54, 1.807) is 0 Å². The van der Waals surface area contributed by atoms with Gasteiger partial charge in [0.1, 0.15) is 11.9 Å². The molecular formula is C13H9F3O. The molecule has 1 atom stereocenters. The first-order valence-corrected chi connectivity index (χ1v) is 4.97. The van der Waals surface area contributed by atoms with Gasteiger partial charge in [-0.2, -0.15) is 0 Å². The van der Waals surface area contributed by atoms with Crippen LogP contribution in [0.3, 0.4) is 0 Å². The van der Waals surface area contributed by atoms with Gasteiger partial charge >= 0.3 is 0 Å². The zero-order valence-corrected chi connectivity index (χ0v) is 8.70. The maximum absolute atomic E-state index is 13.4. The fourth-order valence-corrected chi connectivity index (χ4v) is 1.56. The van der Waals surface area contributed by atoms with E-state index in [-0.39, 0.29) is 5.56 Å². The minimum atomic E-state index is -1.31. The van der Waals surface area contributed by atoms with Crippen LogP contribution in [-0.4, -0.2) is 5.11 Å². The van der Waals surface area contributed by atoms with E-state index in [1.165, 1.54) is 24.3 Å². The van der Waals surface area contributed by atoms with Crippen molar-refractivity contribution in [3.63, 3.8) is 0 Å². The van der Waals surface area contributed by atoms with Crippen molar-refractivity contribution in [2.24, 2.45) is 0 Å². The molecular weight excluding hydrogens is 229 g/mol. The van der Waals surface area contributed by atoms with Crippen LogP contribution in [0.15, 0.2) is 42.5 Å². The van der Waals surface area contributed by atoms with Crippen LogP contribution >= 0.6 is 0 Å². The highest BCUT2D eigenvalue weighted by molar-refractivity contribution is 5.31. The lowest BCUT2D eigenvalue weighted by molar-refractivity contribution is 0.213. The Morgan fingerprint density at radius 3 is 2.18 bits per heavy atom. The van der Waals surface area contributed by atoms with Crippen LogP contribution in [-0.2, 0) is 0 Å². The van der Waals surface area contributed by atoms with Gasteiger partial charge in [0.2, 0.25) is 0 Å². The van der Waals surface area contributed by atoms with Gasteiger partial charge in [-0.1, -0.05) is 24.3 Å². The van der Waals surface area contributed by atoms with E-state index in [2.05, 4.69) is 0 Å². The molecule has 2 rings (SSSR count). The first-order valence-electron chi connectivity index (χ1n) is 4.97. The highest BCUT2D eigenvalue weighted by atomic mass is 19.2. The molecule has 0 bridgehead atoms.